The minimum absolute atomic E-state index is 0.0500. The average Bonchev–Trinajstić information content (AvgIpc) is 3.48. The number of rotatable bonds is 13. The number of thioether (sulfide) groups is 1. The molecule has 1 unspecified atom stereocenters. The van der Waals surface area contributed by atoms with E-state index in [0.717, 1.165) is 22.5 Å². The quantitative estimate of drug-likeness (QED) is 0.0539. The molecule has 1 atom stereocenters. The number of aryl methyl sites for hydroxylation is 1. The van der Waals surface area contributed by atoms with E-state index >= 15 is 0 Å². The van der Waals surface area contributed by atoms with Gasteiger partial charge in [-0.25, -0.2) is 4.79 Å². The average molecular weight is 747 g/mol. The predicted octanol–water partition coefficient (Wildman–Crippen LogP) is 8.32. The van der Waals surface area contributed by atoms with E-state index in [4.69, 9.17) is 4.74 Å². The molecule has 53 heavy (non-hydrogen) atoms. The van der Waals surface area contributed by atoms with Crippen molar-refractivity contribution in [2.45, 2.75) is 37.8 Å². The topological polar surface area (TPSA) is 143 Å². The number of hydrogen-bond acceptors (Lipinski definition) is 8. The fraction of sp³-hybridized carbons (Fsp3) is 0.146. The normalized spacial score (nSPS) is 11.6. The third kappa shape index (κ3) is 10.3. The number of carbonyl (C=O) groups is 5. The zero-order chi connectivity index (χ0) is 37.9. The number of anilines is 3. The van der Waals surface area contributed by atoms with Crippen LogP contribution in [0.1, 0.15) is 60.9 Å². The Morgan fingerprint density at radius 1 is 0.774 bits per heavy atom. The Bertz CT molecular complexity index is 2150. The van der Waals surface area contributed by atoms with E-state index in [-0.39, 0.29) is 27.7 Å². The Morgan fingerprint density at radius 3 is 2.11 bits per heavy atom. The second-order valence-electron chi connectivity index (χ2n) is 11.8. The molecule has 0 saturated carbocycles. The molecule has 1 heterocycles. The van der Waals surface area contributed by atoms with Crippen LogP contribution in [-0.2, 0) is 14.3 Å². The monoisotopic (exact) mass is 746 g/mol. The van der Waals surface area contributed by atoms with Crippen molar-refractivity contribution >= 4 is 75.1 Å². The Balaban J connectivity index is 1.30. The van der Waals surface area contributed by atoms with Gasteiger partial charge in [-0.3, -0.25) is 19.2 Å². The third-order valence-electron chi connectivity index (χ3n) is 7.79. The molecule has 1 aromatic heterocycles. The highest BCUT2D eigenvalue weighted by Gasteiger charge is 2.28. The molecule has 0 spiro atoms. The van der Waals surface area contributed by atoms with Crippen LogP contribution in [0.3, 0.4) is 0 Å². The van der Waals surface area contributed by atoms with Gasteiger partial charge in [-0.1, -0.05) is 72.3 Å². The van der Waals surface area contributed by atoms with Crippen molar-refractivity contribution in [3.8, 4) is 0 Å². The van der Waals surface area contributed by atoms with Crippen LogP contribution in [0, 0.1) is 13.8 Å². The maximum atomic E-state index is 13.6. The van der Waals surface area contributed by atoms with Crippen LogP contribution < -0.4 is 21.3 Å². The lowest BCUT2D eigenvalue weighted by molar-refractivity contribution is -0.115. The van der Waals surface area contributed by atoms with Crippen molar-refractivity contribution in [1.82, 2.24) is 5.32 Å². The highest BCUT2D eigenvalue weighted by molar-refractivity contribution is 8.00. The molecule has 4 amide bonds. The van der Waals surface area contributed by atoms with E-state index in [1.165, 1.54) is 11.8 Å². The van der Waals surface area contributed by atoms with Crippen molar-refractivity contribution < 1.29 is 28.7 Å². The maximum absolute atomic E-state index is 13.6. The highest BCUT2D eigenvalue weighted by atomic mass is 32.2. The van der Waals surface area contributed by atoms with Gasteiger partial charge >= 0.3 is 5.97 Å². The Hall–Kier alpha value is -5.98. The number of ether oxygens (including phenoxy) is 1. The Morgan fingerprint density at radius 2 is 1.43 bits per heavy atom. The molecule has 5 rings (SSSR count). The number of amides is 4. The summed E-state index contributed by atoms with van der Waals surface area (Å²) in [7, 11) is 0. The number of benzene rings is 4. The minimum Gasteiger partial charge on any atom is -0.462 e. The molecular formula is C41H38N4O6S2. The zero-order valence-electron chi connectivity index (χ0n) is 29.5. The van der Waals surface area contributed by atoms with Crippen LogP contribution >= 0.6 is 23.1 Å². The standard InChI is InChI=1S/C41H38N4O6S2/c1-5-51-41(50)34-26(3)35(39(49)42-30-15-10-7-11-16-30)53-40(34)45-36(46)27(4)52-32-18-12-17-31(24-32)43-38(48)33(23-28-21-19-25(2)20-22-28)44-37(47)29-13-8-6-9-14-29/h6-24,27H,5H2,1-4H3,(H,42,49)(H,43,48)(H,44,47)(H,45,46)/b33-23-. The summed E-state index contributed by atoms with van der Waals surface area (Å²) >= 11 is 2.24. The Kier molecular flexibility index (Phi) is 13.0. The number of thiophene rings is 1. The van der Waals surface area contributed by atoms with Gasteiger partial charge in [-0.05, 0) is 87.4 Å². The molecule has 10 nitrogen and oxygen atoms in total. The predicted molar refractivity (Wildman–Crippen MR) is 211 cm³/mol. The van der Waals surface area contributed by atoms with Gasteiger partial charge in [-0.15, -0.1) is 23.1 Å². The lowest BCUT2D eigenvalue weighted by Gasteiger charge is -2.14. The van der Waals surface area contributed by atoms with Crippen LogP contribution in [0.15, 0.2) is 120 Å². The van der Waals surface area contributed by atoms with E-state index in [1.807, 2.05) is 37.3 Å². The summed E-state index contributed by atoms with van der Waals surface area (Å²) in [5.74, 6) is -2.43. The molecule has 0 radical (unpaired) electrons. The second-order valence-corrected chi connectivity index (χ2v) is 14.3. The first kappa shape index (κ1) is 38.3. The van der Waals surface area contributed by atoms with Crippen LogP contribution in [0.5, 0.6) is 0 Å². The summed E-state index contributed by atoms with van der Waals surface area (Å²) in [6.07, 6.45) is 1.61. The number of nitrogens with one attached hydrogen (secondary N) is 4. The van der Waals surface area contributed by atoms with Gasteiger partial charge in [0.1, 0.15) is 10.7 Å². The van der Waals surface area contributed by atoms with Gasteiger partial charge in [0.2, 0.25) is 5.91 Å². The SMILES string of the molecule is CCOC(=O)c1c(NC(=O)C(C)Sc2cccc(NC(=O)/C(=C/c3ccc(C)cc3)NC(=O)c3ccccc3)c2)sc(C(=O)Nc2ccccc2)c1C. The molecule has 270 valence electrons. The molecule has 4 aromatic carbocycles. The summed E-state index contributed by atoms with van der Waals surface area (Å²) < 4.78 is 5.26. The van der Waals surface area contributed by atoms with Crippen molar-refractivity contribution in [1.29, 1.82) is 0 Å². The number of esters is 1. The molecule has 12 heteroatoms. The summed E-state index contributed by atoms with van der Waals surface area (Å²) in [6.45, 7) is 7.11. The van der Waals surface area contributed by atoms with Crippen molar-refractivity contribution in [2.24, 2.45) is 0 Å². The highest BCUT2D eigenvalue weighted by Crippen LogP contribution is 2.35. The largest absolute Gasteiger partial charge is 0.462 e. The molecule has 0 bridgehead atoms. The molecule has 0 saturated heterocycles. The molecule has 0 aliphatic rings. The first-order valence-electron chi connectivity index (χ1n) is 16.7. The maximum Gasteiger partial charge on any atom is 0.341 e. The molecule has 0 fully saturated rings. The summed E-state index contributed by atoms with van der Waals surface area (Å²) in [4.78, 5) is 67.2. The van der Waals surface area contributed by atoms with Crippen LogP contribution in [-0.4, -0.2) is 41.5 Å². The Labute approximate surface area is 316 Å². The van der Waals surface area contributed by atoms with E-state index in [0.29, 0.717) is 27.4 Å². The van der Waals surface area contributed by atoms with E-state index in [2.05, 4.69) is 21.3 Å². The van der Waals surface area contributed by atoms with E-state index in [9.17, 15) is 24.0 Å². The third-order valence-corrected chi connectivity index (χ3v) is 10.1. The van der Waals surface area contributed by atoms with Gasteiger partial charge in [-0.2, -0.15) is 0 Å². The van der Waals surface area contributed by atoms with Crippen LogP contribution in [0.2, 0.25) is 0 Å². The molecular weight excluding hydrogens is 709 g/mol. The van der Waals surface area contributed by atoms with Crippen molar-refractivity contribution in [3.63, 3.8) is 0 Å². The second kappa shape index (κ2) is 18.0. The molecule has 0 aliphatic heterocycles. The van der Waals surface area contributed by atoms with Gasteiger partial charge in [0.05, 0.1) is 22.3 Å². The number of carbonyl (C=O) groups excluding carboxylic acids is 5. The number of hydrogen-bond donors (Lipinski definition) is 4. The van der Waals surface area contributed by atoms with Gasteiger partial charge < -0.3 is 26.0 Å². The molecule has 4 N–H and O–H groups in total. The zero-order valence-corrected chi connectivity index (χ0v) is 31.2. The smallest absolute Gasteiger partial charge is 0.341 e. The fourth-order valence-electron chi connectivity index (χ4n) is 5.07. The first-order valence-corrected chi connectivity index (χ1v) is 18.4. The van der Waals surface area contributed by atoms with Gasteiger partial charge in [0, 0.05) is 21.8 Å². The molecule has 5 aromatic rings. The lowest BCUT2D eigenvalue weighted by atomic mass is 10.1. The molecule has 0 aliphatic carbocycles. The lowest BCUT2D eigenvalue weighted by Crippen LogP contribution is -2.30. The van der Waals surface area contributed by atoms with Gasteiger partial charge in [0.25, 0.3) is 17.7 Å². The van der Waals surface area contributed by atoms with Crippen LogP contribution in [0.25, 0.3) is 6.08 Å². The van der Waals surface area contributed by atoms with E-state index < -0.39 is 34.8 Å². The summed E-state index contributed by atoms with van der Waals surface area (Å²) in [6, 6.07) is 32.0. The van der Waals surface area contributed by atoms with Crippen molar-refractivity contribution in [2.75, 3.05) is 22.6 Å². The number of para-hydroxylation sites is 1. The van der Waals surface area contributed by atoms with Crippen molar-refractivity contribution in [3.05, 3.63) is 148 Å². The fourth-order valence-corrected chi connectivity index (χ4v) is 7.08. The van der Waals surface area contributed by atoms with Gasteiger partial charge in [0.15, 0.2) is 0 Å². The summed E-state index contributed by atoms with van der Waals surface area (Å²) in [5, 5.41) is 10.8. The minimum atomic E-state index is -0.651. The van der Waals surface area contributed by atoms with Crippen LogP contribution in [0.4, 0.5) is 16.4 Å². The summed E-state index contributed by atoms with van der Waals surface area (Å²) in [5.41, 5.74) is 3.80. The van der Waals surface area contributed by atoms with E-state index in [1.54, 1.807) is 106 Å². The first-order chi connectivity index (χ1) is 25.5.